The lowest BCUT2D eigenvalue weighted by atomic mass is 10.1. The van der Waals surface area contributed by atoms with E-state index in [4.69, 9.17) is 16.5 Å². The summed E-state index contributed by atoms with van der Waals surface area (Å²) >= 11 is 0. The van der Waals surface area contributed by atoms with Crippen molar-refractivity contribution in [3.63, 3.8) is 0 Å². The minimum Gasteiger partial charge on any atom is -0.425 e. The predicted molar refractivity (Wildman–Crippen MR) is 454 cm³/mol. The van der Waals surface area contributed by atoms with E-state index in [9.17, 15) is 0 Å². The molecule has 1 heterocycles. The van der Waals surface area contributed by atoms with Crippen molar-refractivity contribution in [1.29, 1.82) is 0 Å². The molecule has 1 saturated heterocycles. The van der Waals surface area contributed by atoms with Gasteiger partial charge in [0.1, 0.15) is 0 Å². The summed E-state index contributed by atoms with van der Waals surface area (Å²) in [5.41, 5.74) is 20.4. The van der Waals surface area contributed by atoms with Crippen LogP contribution in [0.1, 0.15) is 0 Å². The van der Waals surface area contributed by atoms with Gasteiger partial charge in [-0.2, -0.15) is 0 Å². The Bertz CT molecular complexity index is 3460. The summed E-state index contributed by atoms with van der Waals surface area (Å²) in [6.45, 7) is 0. The van der Waals surface area contributed by atoms with Crippen molar-refractivity contribution in [2.24, 2.45) is 0 Å². The molecule has 0 saturated carbocycles. The molecule has 16 aromatic carbocycles. The summed E-state index contributed by atoms with van der Waals surface area (Å²) in [4.78, 5) is 0. The van der Waals surface area contributed by atoms with Gasteiger partial charge in [-0.1, -0.05) is 485 Å². The Morgan fingerprint density at radius 1 is 0.0865 bits per heavy atom. The molecule has 0 atom stereocenters. The zero-order chi connectivity index (χ0) is 71.5. The van der Waals surface area contributed by atoms with E-state index in [1.165, 1.54) is 89.0 Å². The van der Waals surface area contributed by atoms with Crippen LogP contribution < -0.4 is 0 Å². The van der Waals surface area contributed by atoms with Gasteiger partial charge in [0.05, 0.1) is 0 Å². The van der Waals surface area contributed by atoms with E-state index in [1.54, 1.807) is 0 Å². The molecule has 512 valence electrons. The highest BCUT2D eigenvalue weighted by Gasteiger charge is 2.00. The number of benzene rings is 16. The predicted octanol–water partition coefficient (Wildman–Crippen LogP) is 22.9. The Balaban J connectivity index is 0.000000136. The molecule has 1 aliphatic rings. The fourth-order valence-corrected chi connectivity index (χ4v) is 17.7. The standard InChI is InChI=1S/8C12H10.H8O4Si4/c8*1-3-7-11(8-4-1)12-9-5-2-6-10-12;1-5-2-7-4-8-3-6-1/h8*1-10H;5-8H2. The van der Waals surface area contributed by atoms with Crippen molar-refractivity contribution in [3.05, 3.63) is 485 Å². The Morgan fingerprint density at radius 2 is 0.144 bits per heavy atom. The summed E-state index contributed by atoms with van der Waals surface area (Å²) in [5, 5.41) is 0. The van der Waals surface area contributed by atoms with Crippen molar-refractivity contribution in [2.45, 2.75) is 0 Å². The van der Waals surface area contributed by atoms with Gasteiger partial charge in [-0.3, -0.25) is 0 Å². The molecule has 1 aliphatic heterocycles. The summed E-state index contributed by atoms with van der Waals surface area (Å²) in [7, 11) is -2.61. The zero-order valence-electron chi connectivity index (χ0n) is 58.6. The Kier molecular flexibility index (Phi) is 35.4. The quantitative estimate of drug-likeness (QED) is 0.142. The van der Waals surface area contributed by atoms with Crippen LogP contribution in [-0.2, 0) is 16.5 Å². The van der Waals surface area contributed by atoms with E-state index in [1.807, 2.05) is 97.1 Å². The van der Waals surface area contributed by atoms with E-state index in [0.29, 0.717) is 0 Å². The molecule has 104 heavy (non-hydrogen) atoms. The first kappa shape index (κ1) is 76.4. The summed E-state index contributed by atoms with van der Waals surface area (Å²) in [5.74, 6) is 0. The largest absolute Gasteiger partial charge is 0.425 e. The van der Waals surface area contributed by atoms with Crippen LogP contribution in [0.5, 0.6) is 0 Å². The van der Waals surface area contributed by atoms with Crippen molar-refractivity contribution in [2.75, 3.05) is 0 Å². The second-order valence-electron chi connectivity index (χ2n) is 23.1. The number of rotatable bonds is 8. The van der Waals surface area contributed by atoms with E-state index in [2.05, 4.69) is 388 Å². The average molecular weight is 1420 g/mol. The van der Waals surface area contributed by atoms with Crippen LogP contribution in [-0.4, -0.2) is 40.0 Å². The molecule has 8 heteroatoms. The van der Waals surface area contributed by atoms with Gasteiger partial charge in [0.2, 0.25) is 0 Å². The minimum atomic E-state index is -0.653. The molecule has 4 nitrogen and oxygen atoms in total. The molecular formula is C96H88O4Si4. The van der Waals surface area contributed by atoms with Gasteiger partial charge in [-0.05, 0) is 89.0 Å². The smallest absolute Gasteiger partial charge is 0.286 e. The van der Waals surface area contributed by atoms with Gasteiger partial charge >= 0.3 is 0 Å². The SMILES string of the molecule is O1[SiH2]O[SiH2]O[SiH2]O[SiH2]1.c1ccc(-c2ccccc2)cc1.c1ccc(-c2ccccc2)cc1.c1ccc(-c2ccccc2)cc1.c1ccc(-c2ccccc2)cc1.c1ccc(-c2ccccc2)cc1.c1ccc(-c2ccccc2)cc1.c1ccc(-c2ccccc2)cc1.c1ccc(-c2ccccc2)cc1. The molecular weight excluding hydrogens is 1330 g/mol. The van der Waals surface area contributed by atoms with Gasteiger partial charge < -0.3 is 16.5 Å². The van der Waals surface area contributed by atoms with Crippen LogP contribution in [0, 0.1) is 0 Å². The molecule has 16 aromatic rings. The Hall–Kier alpha value is -11.8. The lowest BCUT2D eigenvalue weighted by Crippen LogP contribution is -2.23. The first-order valence-electron chi connectivity index (χ1n) is 34.9. The third-order valence-electron chi connectivity index (χ3n) is 15.7. The van der Waals surface area contributed by atoms with Crippen LogP contribution in [0.15, 0.2) is 485 Å². The van der Waals surface area contributed by atoms with Gasteiger partial charge in [0, 0.05) is 0 Å². The lowest BCUT2D eigenvalue weighted by molar-refractivity contribution is 0.347. The number of hydrogen-bond acceptors (Lipinski definition) is 4. The monoisotopic (exact) mass is 1420 g/mol. The topological polar surface area (TPSA) is 36.9 Å². The lowest BCUT2D eigenvalue weighted by Gasteiger charge is -2.10. The molecule has 0 unspecified atom stereocenters. The first-order valence-corrected chi connectivity index (χ1v) is 39.5. The van der Waals surface area contributed by atoms with E-state index < -0.39 is 40.0 Å². The highest BCUT2D eigenvalue weighted by Crippen LogP contribution is 2.24. The second-order valence-corrected chi connectivity index (χ2v) is 30.6. The third-order valence-corrected chi connectivity index (χ3v) is 21.0. The van der Waals surface area contributed by atoms with Crippen molar-refractivity contribution in [1.82, 2.24) is 0 Å². The van der Waals surface area contributed by atoms with E-state index in [0.717, 1.165) is 0 Å². The Labute approximate surface area is 626 Å². The fourth-order valence-electron chi connectivity index (χ4n) is 10.5. The average Bonchev–Trinajstić information content (AvgIpc) is 1.39. The molecule has 17 rings (SSSR count). The maximum atomic E-state index is 5.10. The highest BCUT2D eigenvalue weighted by atomic mass is 28.4. The minimum absolute atomic E-state index is 0.653. The van der Waals surface area contributed by atoms with Gasteiger partial charge in [-0.25, -0.2) is 0 Å². The van der Waals surface area contributed by atoms with Crippen LogP contribution in [0.3, 0.4) is 0 Å². The molecule has 0 N–H and O–H groups in total. The maximum Gasteiger partial charge on any atom is 0.286 e. The maximum absolute atomic E-state index is 5.10. The number of hydrogen-bond donors (Lipinski definition) is 0. The van der Waals surface area contributed by atoms with Crippen molar-refractivity contribution < 1.29 is 16.5 Å². The van der Waals surface area contributed by atoms with Crippen LogP contribution in [0.4, 0.5) is 0 Å². The molecule has 0 amide bonds. The van der Waals surface area contributed by atoms with Crippen molar-refractivity contribution >= 4 is 40.0 Å². The molecule has 1 fully saturated rings. The van der Waals surface area contributed by atoms with Crippen LogP contribution in [0.2, 0.25) is 0 Å². The van der Waals surface area contributed by atoms with E-state index in [-0.39, 0.29) is 0 Å². The van der Waals surface area contributed by atoms with Gasteiger partial charge in [0.15, 0.2) is 0 Å². The fraction of sp³-hybridized carbons (Fsp3) is 0. The Morgan fingerprint density at radius 3 is 0.202 bits per heavy atom. The normalized spacial score (nSPS) is 11.7. The van der Waals surface area contributed by atoms with Crippen LogP contribution in [0.25, 0.3) is 89.0 Å². The summed E-state index contributed by atoms with van der Waals surface area (Å²) < 4.78 is 20.4. The highest BCUT2D eigenvalue weighted by molar-refractivity contribution is 6.50. The molecule has 0 spiro atoms. The first-order chi connectivity index (χ1) is 51.7. The zero-order valence-corrected chi connectivity index (χ0v) is 64.3. The molecule has 0 radical (unpaired) electrons. The van der Waals surface area contributed by atoms with E-state index >= 15 is 0 Å². The molecule has 0 bridgehead atoms. The van der Waals surface area contributed by atoms with Crippen LogP contribution >= 0.6 is 0 Å². The molecule has 0 aliphatic carbocycles. The van der Waals surface area contributed by atoms with Crippen molar-refractivity contribution in [3.8, 4) is 89.0 Å². The van der Waals surface area contributed by atoms with Gasteiger partial charge in [-0.15, -0.1) is 0 Å². The second kappa shape index (κ2) is 48.1. The third kappa shape index (κ3) is 29.4. The summed E-state index contributed by atoms with van der Waals surface area (Å²) in [6, 6.07) is 166. The van der Waals surface area contributed by atoms with Gasteiger partial charge in [0.25, 0.3) is 40.0 Å². The molecule has 0 aromatic heterocycles. The summed E-state index contributed by atoms with van der Waals surface area (Å²) in [6.07, 6.45) is 0.